The van der Waals surface area contributed by atoms with Gasteiger partial charge in [0.2, 0.25) is 5.91 Å². The van der Waals surface area contributed by atoms with Gasteiger partial charge in [0.15, 0.2) is 0 Å². The molecule has 0 radical (unpaired) electrons. The molecule has 1 fully saturated rings. The molecule has 3 unspecified atom stereocenters. The van der Waals surface area contributed by atoms with E-state index in [0.717, 1.165) is 5.57 Å². The highest BCUT2D eigenvalue weighted by Crippen LogP contribution is 2.36. The first-order chi connectivity index (χ1) is 15.9. The zero-order valence-electron chi connectivity index (χ0n) is 20.1. The van der Waals surface area contributed by atoms with Gasteiger partial charge in [-0.3, -0.25) is 15.6 Å². The number of hydrogen-bond donors (Lipinski definition) is 2. The molecule has 186 valence electrons. The first-order valence-corrected chi connectivity index (χ1v) is 12.7. The fraction of sp³-hybridized carbons (Fsp3) is 0.522. The predicted octanol–water partition coefficient (Wildman–Crippen LogP) is 3.88. The van der Waals surface area contributed by atoms with Crippen LogP contribution >= 0.6 is 31.8 Å². The molecule has 1 amide bonds. The van der Waals surface area contributed by atoms with Crippen LogP contribution in [0.3, 0.4) is 0 Å². The molecule has 5 atom stereocenters. The van der Waals surface area contributed by atoms with Crippen molar-refractivity contribution >= 4 is 43.4 Å². The topological polar surface area (TPSA) is 97.8 Å². The molecule has 3 N–H and O–H groups in total. The van der Waals surface area contributed by atoms with Crippen LogP contribution in [0.15, 0.2) is 49.6 Å². The highest BCUT2D eigenvalue weighted by Gasteiger charge is 2.41. The van der Waals surface area contributed by atoms with Gasteiger partial charge >= 0.3 is 0 Å². The summed E-state index contributed by atoms with van der Waals surface area (Å²) >= 11 is 2.03. The maximum absolute atomic E-state index is 15.5. The van der Waals surface area contributed by atoms with E-state index in [-0.39, 0.29) is 17.5 Å². The monoisotopic (exact) mass is 604 g/mol. The molecule has 34 heavy (non-hydrogen) atoms. The number of alkyl halides is 1. The minimum absolute atomic E-state index is 0.126. The van der Waals surface area contributed by atoms with Gasteiger partial charge < -0.3 is 9.80 Å². The third-order valence-electron chi connectivity index (χ3n) is 5.93. The second-order valence-corrected chi connectivity index (χ2v) is 10.9. The molecule has 1 saturated heterocycles. The maximum atomic E-state index is 15.5. The van der Waals surface area contributed by atoms with Gasteiger partial charge in [0.1, 0.15) is 23.3 Å². The van der Waals surface area contributed by atoms with Crippen LogP contribution in [-0.2, 0) is 4.79 Å². The van der Waals surface area contributed by atoms with Crippen LogP contribution in [0.1, 0.15) is 34.1 Å². The number of rotatable bonds is 6. The van der Waals surface area contributed by atoms with Crippen LogP contribution in [0.2, 0.25) is 0 Å². The number of carbonyl (C=O) groups is 1. The highest BCUT2D eigenvalue weighted by atomic mass is 127. The Balaban J connectivity index is 2.50. The third kappa shape index (κ3) is 6.30. The molecular formula is C23H32F2IN6OP. The summed E-state index contributed by atoms with van der Waals surface area (Å²) in [4.78, 5) is 20.8. The van der Waals surface area contributed by atoms with Gasteiger partial charge in [-0.25, -0.2) is 14.2 Å². The van der Waals surface area contributed by atoms with Crippen LogP contribution in [-0.4, -0.2) is 59.0 Å². The number of piperidine rings is 1. The van der Waals surface area contributed by atoms with Crippen molar-refractivity contribution in [3.8, 4) is 6.07 Å². The van der Waals surface area contributed by atoms with Gasteiger partial charge in [0.05, 0.1) is 17.0 Å². The first-order valence-electron chi connectivity index (χ1n) is 10.9. The SMILES string of the molecule is CC(C)=C1C(=N/C=C\I)C(C#N)=CC(F)=C1N1C[C@@H](C)C[C@@H](N(C)C(=O)C(NN)C(C)(F)P)C1. The Labute approximate surface area is 216 Å². The average Bonchev–Trinajstić information content (AvgIpc) is 2.75. The zero-order chi connectivity index (χ0) is 25.8. The van der Waals surface area contributed by atoms with E-state index in [0.29, 0.717) is 36.5 Å². The van der Waals surface area contributed by atoms with Crippen molar-refractivity contribution in [1.82, 2.24) is 15.2 Å². The van der Waals surface area contributed by atoms with E-state index in [1.165, 1.54) is 17.9 Å². The van der Waals surface area contributed by atoms with Crippen molar-refractivity contribution in [2.45, 2.75) is 51.6 Å². The summed E-state index contributed by atoms with van der Waals surface area (Å²) in [5.41, 5.74) is 4.57. The number of nitrogens with one attached hydrogen (secondary N) is 1. The predicted molar refractivity (Wildman–Crippen MR) is 143 cm³/mol. The van der Waals surface area contributed by atoms with E-state index in [4.69, 9.17) is 5.84 Å². The van der Waals surface area contributed by atoms with Crippen molar-refractivity contribution in [2.75, 3.05) is 20.1 Å². The summed E-state index contributed by atoms with van der Waals surface area (Å²) in [7, 11) is 3.61. The number of allylic oxidation sites excluding steroid dienone is 5. The Morgan fingerprint density at radius 3 is 2.68 bits per heavy atom. The molecule has 7 nitrogen and oxygen atoms in total. The maximum Gasteiger partial charge on any atom is 0.244 e. The van der Waals surface area contributed by atoms with Crippen molar-refractivity contribution in [1.29, 1.82) is 5.26 Å². The van der Waals surface area contributed by atoms with Crippen LogP contribution in [0, 0.1) is 17.2 Å². The molecule has 11 heteroatoms. The number of amides is 1. The van der Waals surface area contributed by atoms with E-state index in [1.807, 2.05) is 63.6 Å². The minimum Gasteiger partial charge on any atom is -0.366 e. The number of likely N-dealkylation sites (tertiary alicyclic amines) is 1. The lowest BCUT2D eigenvalue weighted by Crippen LogP contribution is -2.60. The Morgan fingerprint density at radius 1 is 1.53 bits per heavy atom. The molecular weight excluding hydrogens is 572 g/mol. The number of nitriles is 1. The summed E-state index contributed by atoms with van der Waals surface area (Å²) < 4.78 is 31.7. The molecule has 0 saturated carbocycles. The van der Waals surface area contributed by atoms with Crippen LogP contribution in [0.5, 0.6) is 0 Å². The van der Waals surface area contributed by atoms with Crippen molar-refractivity contribution < 1.29 is 13.6 Å². The highest BCUT2D eigenvalue weighted by molar-refractivity contribution is 14.1. The summed E-state index contributed by atoms with van der Waals surface area (Å²) in [6, 6.07) is 0.503. The molecule has 1 heterocycles. The summed E-state index contributed by atoms with van der Waals surface area (Å²) in [5.74, 6) is 4.60. The van der Waals surface area contributed by atoms with E-state index in [1.54, 1.807) is 17.3 Å². The number of hydrogen-bond acceptors (Lipinski definition) is 6. The normalized spacial score (nSPS) is 25.2. The molecule has 0 aromatic heterocycles. The largest absolute Gasteiger partial charge is 0.366 e. The molecule has 1 aliphatic carbocycles. The molecule has 2 rings (SSSR count). The van der Waals surface area contributed by atoms with Gasteiger partial charge in [-0.05, 0) is 43.3 Å². The number of halogens is 3. The van der Waals surface area contributed by atoms with Crippen molar-refractivity contribution in [3.05, 3.63) is 44.6 Å². The minimum atomic E-state index is -1.94. The summed E-state index contributed by atoms with van der Waals surface area (Å²) in [5, 5.41) is 7.65. The van der Waals surface area contributed by atoms with Gasteiger partial charge in [-0.15, -0.1) is 0 Å². The third-order valence-corrected chi connectivity index (χ3v) is 6.59. The molecule has 2 aliphatic rings. The van der Waals surface area contributed by atoms with Gasteiger partial charge in [0, 0.05) is 38.0 Å². The molecule has 0 bridgehead atoms. The molecule has 0 spiro atoms. The standard InChI is InChI=1S/C23H32F2IN6OP/c1-13(2)18-19(29-7-6-26)15(10-27)9-17(24)20(18)32-11-14(3)8-16(12-32)31(5)22(33)21(30-28)23(4,25)34/h6-7,9,14,16,21,30H,8,11-12,28,34H2,1-5H3/b7-6-,29-19?/t14-,16+,21?,23?/m0/s1. The Bertz CT molecular complexity index is 1000. The van der Waals surface area contributed by atoms with Crippen LogP contribution < -0.4 is 11.3 Å². The number of hydrazine groups is 1. The number of nitrogens with two attached hydrogens (primary N) is 1. The van der Waals surface area contributed by atoms with E-state index in [9.17, 15) is 14.4 Å². The lowest BCUT2D eigenvalue weighted by molar-refractivity contribution is -0.137. The van der Waals surface area contributed by atoms with Gasteiger partial charge in [0.25, 0.3) is 0 Å². The summed E-state index contributed by atoms with van der Waals surface area (Å²) in [6.07, 6.45) is 3.45. The number of likely N-dealkylation sites (N-methyl/N-ethyl adjacent to an activating group) is 1. The number of carbonyl (C=O) groups excluding carboxylic acids is 1. The molecule has 1 aliphatic heterocycles. The second-order valence-electron chi connectivity index (χ2n) is 9.09. The Kier molecular flexibility index (Phi) is 9.95. The first kappa shape index (κ1) is 28.6. The smallest absolute Gasteiger partial charge is 0.244 e. The van der Waals surface area contributed by atoms with Crippen molar-refractivity contribution in [3.63, 3.8) is 0 Å². The number of aliphatic imine (C=N–C) groups is 1. The van der Waals surface area contributed by atoms with E-state index in [2.05, 4.69) is 10.4 Å². The lowest BCUT2D eigenvalue weighted by atomic mass is 9.87. The van der Waals surface area contributed by atoms with Crippen molar-refractivity contribution in [2.24, 2.45) is 16.8 Å². The zero-order valence-corrected chi connectivity index (χ0v) is 23.4. The van der Waals surface area contributed by atoms with Crippen LogP contribution in [0.4, 0.5) is 8.78 Å². The fourth-order valence-corrected chi connectivity index (χ4v) is 4.78. The van der Waals surface area contributed by atoms with Gasteiger partial charge in [-0.2, -0.15) is 5.26 Å². The second kappa shape index (κ2) is 11.8. The average molecular weight is 604 g/mol. The van der Waals surface area contributed by atoms with E-state index >= 15 is 4.39 Å². The Morgan fingerprint density at radius 2 is 2.18 bits per heavy atom. The van der Waals surface area contributed by atoms with E-state index < -0.39 is 23.2 Å². The number of nitrogens with zero attached hydrogens (tertiary/aromatic N) is 4. The summed E-state index contributed by atoms with van der Waals surface area (Å²) in [6.45, 7) is 7.90. The quantitative estimate of drug-likeness (QED) is 0.208. The molecule has 0 aromatic rings. The Hall–Kier alpha value is -1.67. The lowest BCUT2D eigenvalue weighted by Gasteiger charge is -2.44. The molecule has 0 aromatic carbocycles. The fourth-order valence-electron chi connectivity index (χ4n) is 4.38. The van der Waals surface area contributed by atoms with Crippen LogP contribution in [0.25, 0.3) is 0 Å². The van der Waals surface area contributed by atoms with Gasteiger partial charge in [-0.1, -0.05) is 44.3 Å².